The standard InChI is InChI=1S/C23H30FN2O10P/c1-14(2)34-20(29)15(3)12-37(32,36-16-7-5-4-6-8-16)33-11-17-19(28)23(31,13-24)21(35-17)26-10-9-18(27)25-22(26)30/h4-10,14-15,17,19,21,28,31H,11-13H2,1-3H3,(H,25,27,30)/t15-,17-,19+,21-,23?,37-/m1/s1/i11D2. The van der Waals surface area contributed by atoms with Crippen molar-refractivity contribution in [1.29, 1.82) is 0 Å². The highest BCUT2D eigenvalue weighted by molar-refractivity contribution is 7.54. The molecule has 2 heterocycles. The number of hydrogen-bond donors (Lipinski definition) is 3. The largest absolute Gasteiger partial charge is 0.463 e. The normalized spacial score (nSPS) is 27.2. The Morgan fingerprint density at radius 2 is 1.97 bits per heavy atom. The number of halogens is 1. The molecule has 0 spiro atoms. The number of carbonyl (C=O) groups is 1. The maximum atomic E-state index is 14.1. The summed E-state index contributed by atoms with van der Waals surface area (Å²) in [5.74, 6) is -1.85. The van der Waals surface area contributed by atoms with Crippen molar-refractivity contribution in [3.8, 4) is 5.75 Å². The number of alkyl halides is 1. The van der Waals surface area contributed by atoms with Crippen LogP contribution in [0.1, 0.15) is 29.7 Å². The van der Waals surface area contributed by atoms with Gasteiger partial charge in [-0.3, -0.25) is 23.7 Å². The highest BCUT2D eigenvalue weighted by Gasteiger charge is 2.57. The van der Waals surface area contributed by atoms with Gasteiger partial charge in [-0.2, -0.15) is 0 Å². The zero-order valence-corrected chi connectivity index (χ0v) is 21.2. The second-order valence-electron chi connectivity index (χ2n) is 8.79. The van der Waals surface area contributed by atoms with Crippen molar-refractivity contribution in [2.75, 3.05) is 19.4 Å². The number of benzene rings is 1. The fourth-order valence-electron chi connectivity index (χ4n) is 3.52. The van der Waals surface area contributed by atoms with E-state index in [0.29, 0.717) is 4.57 Å². The van der Waals surface area contributed by atoms with Crippen LogP contribution in [0.25, 0.3) is 0 Å². The highest BCUT2D eigenvalue weighted by Crippen LogP contribution is 2.51. The molecule has 3 N–H and O–H groups in total. The zero-order valence-electron chi connectivity index (χ0n) is 22.3. The number of aliphatic hydroxyl groups is 2. The highest BCUT2D eigenvalue weighted by atomic mass is 31.2. The third-order valence-electron chi connectivity index (χ3n) is 5.37. The van der Waals surface area contributed by atoms with Gasteiger partial charge in [0, 0.05) is 12.3 Å². The number of nitrogens with zero attached hydrogens (tertiary/aromatic N) is 1. The van der Waals surface area contributed by atoms with Crippen molar-refractivity contribution in [2.45, 2.75) is 50.9 Å². The van der Waals surface area contributed by atoms with Crippen LogP contribution in [0, 0.1) is 5.92 Å². The van der Waals surface area contributed by atoms with E-state index in [9.17, 15) is 33.6 Å². The van der Waals surface area contributed by atoms with Gasteiger partial charge >= 0.3 is 19.3 Å². The van der Waals surface area contributed by atoms with Crippen LogP contribution in [-0.4, -0.2) is 69.0 Å². The Hall–Kier alpha value is -2.83. The van der Waals surface area contributed by atoms with E-state index in [1.54, 1.807) is 32.0 Å². The summed E-state index contributed by atoms with van der Waals surface area (Å²) in [5.41, 5.74) is -4.82. The van der Waals surface area contributed by atoms with Gasteiger partial charge < -0.3 is 24.2 Å². The lowest BCUT2D eigenvalue weighted by Gasteiger charge is -2.28. The van der Waals surface area contributed by atoms with Crippen molar-refractivity contribution < 1.29 is 45.2 Å². The predicted molar refractivity (Wildman–Crippen MR) is 128 cm³/mol. The Balaban J connectivity index is 1.96. The van der Waals surface area contributed by atoms with E-state index in [4.69, 9.17) is 21.3 Å². The molecular weight excluding hydrogens is 514 g/mol. The van der Waals surface area contributed by atoms with E-state index in [1.165, 1.54) is 19.1 Å². The Kier molecular flexibility index (Phi) is 8.16. The van der Waals surface area contributed by atoms with Gasteiger partial charge in [0.15, 0.2) is 11.8 Å². The zero-order chi connectivity index (χ0) is 29.2. The molecule has 1 saturated heterocycles. The van der Waals surface area contributed by atoms with Gasteiger partial charge in [0.05, 0.1) is 27.5 Å². The molecule has 0 bridgehead atoms. The van der Waals surface area contributed by atoms with Gasteiger partial charge in [0.1, 0.15) is 24.6 Å². The first-order valence-electron chi connectivity index (χ1n) is 12.3. The second-order valence-corrected chi connectivity index (χ2v) is 10.7. The Morgan fingerprint density at radius 3 is 2.57 bits per heavy atom. The minimum atomic E-state index is -4.61. The topological polar surface area (TPSA) is 166 Å². The van der Waals surface area contributed by atoms with Crippen LogP contribution >= 0.6 is 7.60 Å². The average molecular weight is 546 g/mol. The van der Waals surface area contributed by atoms with E-state index >= 15 is 0 Å². The quantitative estimate of drug-likeness (QED) is 0.277. The molecule has 14 heteroatoms. The Bertz CT molecular complexity index is 1320. The maximum absolute atomic E-state index is 14.1. The summed E-state index contributed by atoms with van der Waals surface area (Å²) in [4.78, 5) is 38.0. The summed E-state index contributed by atoms with van der Waals surface area (Å²) >= 11 is 0. The van der Waals surface area contributed by atoms with Gasteiger partial charge in [-0.05, 0) is 26.0 Å². The molecular formula is C23H30FN2O10P. The monoisotopic (exact) mass is 546 g/mol. The molecule has 1 aliphatic heterocycles. The predicted octanol–water partition coefficient (Wildman–Crippen LogP) is 1.37. The van der Waals surface area contributed by atoms with Crippen LogP contribution in [0.15, 0.2) is 52.2 Å². The summed E-state index contributed by atoms with van der Waals surface area (Å²) in [6.07, 6.45) is -6.87. The lowest BCUT2D eigenvalue weighted by atomic mass is 9.95. The molecule has 2 aromatic rings. The minimum Gasteiger partial charge on any atom is -0.463 e. The molecule has 1 aromatic heterocycles. The summed E-state index contributed by atoms with van der Waals surface area (Å²) in [6.45, 7) is -0.363. The van der Waals surface area contributed by atoms with Crippen LogP contribution in [0.5, 0.6) is 5.75 Å². The van der Waals surface area contributed by atoms with Gasteiger partial charge in [0.2, 0.25) is 0 Å². The lowest BCUT2D eigenvalue weighted by molar-refractivity contribution is -0.151. The van der Waals surface area contributed by atoms with E-state index < -0.39 is 80.3 Å². The number of nitrogens with one attached hydrogen (secondary N) is 1. The number of hydrogen-bond acceptors (Lipinski definition) is 10. The molecule has 1 fully saturated rings. The summed E-state index contributed by atoms with van der Waals surface area (Å²) in [5, 5.41) is 21.6. The average Bonchev–Trinajstić information content (AvgIpc) is 3.10. The number of aromatic nitrogens is 2. The number of ether oxygens (including phenoxy) is 2. The van der Waals surface area contributed by atoms with Crippen molar-refractivity contribution in [1.82, 2.24) is 9.55 Å². The third-order valence-corrected chi connectivity index (χ3v) is 7.23. The van der Waals surface area contributed by atoms with E-state index in [2.05, 4.69) is 0 Å². The number of carbonyl (C=O) groups excluding carboxylic acids is 1. The first-order valence-corrected chi connectivity index (χ1v) is 13.0. The molecule has 0 amide bonds. The molecule has 1 aromatic carbocycles. The molecule has 12 nitrogen and oxygen atoms in total. The first-order chi connectivity index (χ1) is 18.1. The smallest absolute Gasteiger partial charge is 0.380 e. The summed E-state index contributed by atoms with van der Waals surface area (Å²) in [6, 6.07) is 8.41. The molecule has 204 valence electrons. The van der Waals surface area contributed by atoms with Crippen molar-refractivity contribution >= 4 is 13.6 Å². The van der Waals surface area contributed by atoms with Gasteiger partial charge in [-0.15, -0.1) is 0 Å². The first kappa shape index (κ1) is 25.8. The third kappa shape index (κ3) is 6.74. The van der Waals surface area contributed by atoms with Crippen molar-refractivity contribution in [3.63, 3.8) is 0 Å². The summed E-state index contributed by atoms with van der Waals surface area (Å²) < 4.78 is 66.7. The number of H-pyrrole nitrogens is 1. The molecule has 6 atom stereocenters. The van der Waals surface area contributed by atoms with Crippen LogP contribution in [0.2, 0.25) is 0 Å². The number of aliphatic hydroxyl groups excluding tert-OH is 1. The Morgan fingerprint density at radius 1 is 1.30 bits per heavy atom. The second kappa shape index (κ2) is 11.7. The Labute approximate surface area is 214 Å². The fraction of sp³-hybridized carbons (Fsp3) is 0.522. The number of para-hydroxylation sites is 1. The van der Waals surface area contributed by atoms with Crippen LogP contribution in [0.3, 0.4) is 0 Å². The van der Waals surface area contributed by atoms with Crippen molar-refractivity contribution in [3.05, 3.63) is 63.4 Å². The molecule has 1 aliphatic rings. The van der Waals surface area contributed by atoms with Crippen LogP contribution in [0.4, 0.5) is 4.39 Å². The lowest BCUT2D eigenvalue weighted by Crippen LogP contribution is -2.51. The van der Waals surface area contributed by atoms with Crippen LogP contribution < -0.4 is 15.8 Å². The number of rotatable bonds is 11. The van der Waals surface area contributed by atoms with Gasteiger partial charge in [-0.1, -0.05) is 25.1 Å². The fourth-order valence-corrected chi connectivity index (χ4v) is 5.23. The molecule has 3 rings (SSSR count). The van der Waals surface area contributed by atoms with E-state index in [1.807, 2.05) is 4.98 Å². The molecule has 0 aliphatic carbocycles. The van der Waals surface area contributed by atoms with Gasteiger partial charge in [-0.25, -0.2) is 13.8 Å². The molecule has 1 unspecified atom stereocenters. The van der Waals surface area contributed by atoms with Crippen molar-refractivity contribution in [2.24, 2.45) is 5.92 Å². The molecule has 0 radical (unpaired) electrons. The number of esters is 1. The number of aromatic amines is 1. The minimum absolute atomic E-state index is 0.00637. The van der Waals surface area contributed by atoms with Crippen LogP contribution in [-0.2, 0) is 23.4 Å². The van der Waals surface area contributed by atoms with Gasteiger partial charge in [0.25, 0.3) is 5.56 Å². The van der Waals surface area contributed by atoms with E-state index in [-0.39, 0.29) is 5.75 Å². The maximum Gasteiger partial charge on any atom is 0.380 e. The molecule has 37 heavy (non-hydrogen) atoms. The SMILES string of the molecule is [2H]C([2H])(O[P@](=O)(C[C@@H](C)C(=O)OC(C)C)Oc1ccccc1)[C@H]1O[C@@H](n2ccc(=O)[nH]c2=O)C(O)(CF)[C@H]1O. The van der Waals surface area contributed by atoms with E-state index in [0.717, 1.165) is 12.3 Å². The molecule has 0 saturated carbocycles. The summed E-state index contributed by atoms with van der Waals surface area (Å²) in [7, 11) is -4.61.